The van der Waals surface area contributed by atoms with Crippen molar-refractivity contribution >= 4 is 24.8 Å². The monoisotopic (exact) mass is 456 g/mol. The van der Waals surface area contributed by atoms with Gasteiger partial charge in [-0.3, -0.25) is 0 Å². The molecule has 0 atom stereocenters. The van der Waals surface area contributed by atoms with Gasteiger partial charge in [0.15, 0.2) is 0 Å². The zero-order valence-electron chi connectivity index (χ0n) is 15.7. The van der Waals surface area contributed by atoms with E-state index in [2.05, 4.69) is 38.1 Å². The van der Waals surface area contributed by atoms with Crippen molar-refractivity contribution in [3.05, 3.63) is 57.6 Å². The van der Waals surface area contributed by atoms with E-state index in [1.807, 2.05) is 0 Å². The first-order chi connectivity index (χ1) is 10.8. The molecule has 0 aromatic heterocycles. The van der Waals surface area contributed by atoms with E-state index in [9.17, 15) is 0 Å². The Morgan fingerprint density at radius 1 is 0.600 bits per heavy atom. The van der Waals surface area contributed by atoms with Crippen LogP contribution in [0.15, 0.2) is 24.3 Å². The van der Waals surface area contributed by atoms with Crippen LogP contribution in [0.5, 0.6) is 0 Å². The molecule has 0 heterocycles. The first-order valence-electron chi connectivity index (χ1n) is 9.24. The summed E-state index contributed by atoms with van der Waals surface area (Å²) in [6.07, 6.45) is 13.7. The number of hydrogen-bond donors (Lipinski definition) is 0. The van der Waals surface area contributed by atoms with Crippen LogP contribution in [0.3, 0.4) is 0 Å². The third kappa shape index (κ3) is 6.68. The Hall–Kier alpha value is 0.163. The van der Waals surface area contributed by atoms with Crippen molar-refractivity contribution in [2.45, 2.75) is 78.1 Å². The summed E-state index contributed by atoms with van der Waals surface area (Å²) in [4.78, 5) is 0. The van der Waals surface area contributed by atoms with Crippen LogP contribution in [0.25, 0.3) is 0 Å². The zero-order chi connectivity index (χ0) is 15.4. The summed E-state index contributed by atoms with van der Waals surface area (Å²) >= 11 is 0. The van der Waals surface area contributed by atoms with Gasteiger partial charge >= 0.3 is 26.2 Å². The minimum Gasteiger partial charge on any atom is -0.210 e. The van der Waals surface area contributed by atoms with Crippen molar-refractivity contribution in [3.63, 3.8) is 0 Å². The Morgan fingerprint density at radius 3 is 1.36 bits per heavy atom. The van der Waals surface area contributed by atoms with Crippen molar-refractivity contribution in [1.82, 2.24) is 0 Å². The van der Waals surface area contributed by atoms with Crippen LogP contribution in [0.2, 0.25) is 0 Å². The van der Waals surface area contributed by atoms with Gasteiger partial charge < -0.3 is 0 Å². The second-order valence-electron chi connectivity index (χ2n) is 7.16. The summed E-state index contributed by atoms with van der Waals surface area (Å²) in [5, 5.41) is 0. The van der Waals surface area contributed by atoms with Gasteiger partial charge in [-0.05, 0) is 0 Å². The van der Waals surface area contributed by atoms with Crippen LogP contribution in [-0.2, 0) is 51.9 Å². The minimum absolute atomic E-state index is 0. The Balaban J connectivity index is 0.000000411. The molecule has 0 fully saturated rings. The van der Waals surface area contributed by atoms with Crippen molar-refractivity contribution in [2.75, 3.05) is 0 Å². The molecule has 0 nitrogen and oxygen atoms in total. The predicted molar refractivity (Wildman–Crippen MR) is 111 cm³/mol. The Labute approximate surface area is 185 Å². The number of hydrogen-bond acceptors (Lipinski definition) is 0. The van der Waals surface area contributed by atoms with Gasteiger partial charge in [-0.15, -0.1) is 24.8 Å². The fourth-order valence-electron chi connectivity index (χ4n) is 4.13. The molecular formula is C22H32Cl2Zr. The van der Waals surface area contributed by atoms with Crippen LogP contribution in [0, 0.1) is 13.8 Å². The number of halogens is 2. The van der Waals surface area contributed by atoms with Crippen LogP contribution >= 0.6 is 24.8 Å². The van der Waals surface area contributed by atoms with E-state index in [-0.39, 0.29) is 51.0 Å². The molecule has 0 spiro atoms. The van der Waals surface area contributed by atoms with Crippen molar-refractivity contribution < 1.29 is 26.2 Å². The smallest absolute Gasteiger partial charge is 0.210 e. The van der Waals surface area contributed by atoms with Crippen LogP contribution < -0.4 is 0 Å². The predicted octanol–water partition coefficient (Wildman–Crippen LogP) is 6.81. The second-order valence-corrected chi connectivity index (χ2v) is 7.16. The molecule has 138 valence electrons. The number of fused-ring (bicyclic) bond motifs is 2. The van der Waals surface area contributed by atoms with E-state index in [4.69, 9.17) is 0 Å². The van der Waals surface area contributed by atoms with Crippen LogP contribution in [0.1, 0.15) is 71.9 Å². The third-order valence-electron chi connectivity index (χ3n) is 5.54. The molecule has 4 rings (SSSR count). The van der Waals surface area contributed by atoms with E-state index in [0.29, 0.717) is 0 Å². The van der Waals surface area contributed by atoms with Gasteiger partial charge in [0, 0.05) is 0 Å². The Kier molecular flexibility index (Phi) is 12.6. The van der Waals surface area contributed by atoms with Crippen molar-refractivity contribution in [2.24, 2.45) is 0 Å². The van der Waals surface area contributed by atoms with Gasteiger partial charge in [0.05, 0.1) is 0 Å². The second kappa shape index (κ2) is 12.5. The molecule has 25 heavy (non-hydrogen) atoms. The maximum Gasteiger partial charge on any atom is 2.00 e. The molecule has 2 aliphatic carbocycles. The van der Waals surface area contributed by atoms with E-state index in [1.54, 1.807) is 22.3 Å². The molecular weight excluding hydrogens is 426 g/mol. The van der Waals surface area contributed by atoms with Gasteiger partial charge in [0.25, 0.3) is 0 Å². The molecule has 2 aromatic rings. The topological polar surface area (TPSA) is 0 Å². The average Bonchev–Trinajstić information content (AvgIpc) is 2.88. The largest absolute Gasteiger partial charge is 2.00 e. The quantitative estimate of drug-likeness (QED) is 0.301. The number of aryl methyl sites for hydroxylation is 4. The van der Waals surface area contributed by atoms with Gasteiger partial charge in [0.2, 0.25) is 0 Å². The molecule has 0 saturated heterocycles. The molecule has 2 aliphatic rings. The molecule has 2 aromatic carbocycles. The van der Waals surface area contributed by atoms with E-state index in [1.165, 1.54) is 75.3 Å². The fourth-order valence-corrected chi connectivity index (χ4v) is 4.13. The van der Waals surface area contributed by atoms with Crippen molar-refractivity contribution in [3.8, 4) is 0 Å². The normalized spacial score (nSPS) is 15.4. The zero-order valence-corrected chi connectivity index (χ0v) is 19.8. The summed E-state index contributed by atoms with van der Waals surface area (Å²) in [6, 6.07) is 9.18. The first kappa shape index (κ1) is 25.2. The van der Waals surface area contributed by atoms with Gasteiger partial charge in [-0.1, -0.05) is 78.1 Å². The van der Waals surface area contributed by atoms with Crippen molar-refractivity contribution in [1.29, 1.82) is 0 Å². The summed E-state index contributed by atoms with van der Waals surface area (Å²) < 4.78 is 0. The van der Waals surface area contributed by atoms with Crippen LogP contribution in [0.4, 0.5) is 0 Å². The summed E-state index contributed by atoms with van der Waals surface area (Å²) in [7, 11) is 0. The molecule has 0 aliphatic heterocycles. The van der Waals surface area contributed by atoms with E-state index in [0.717, 1.165) is 0 Å². The first-order valence-corrected chi connectivity index (χ1v) is 9.24. The minimum atomic E-state index is 0. The maximum absolute atomic E-state index is 2.32. The standard InChI is InChI=1S/2C11H15.2ClH.Zr/c2*1-9-7-8-10-5-3-2-4-6-11(9)10;;;/h2*7-8H,2-6H2,1H3;2*1H;/q2*-1;;;+2. The van der Waals surface area contributed by atoms with E-state index < -0.39 is 0 Å². The third-order valence-corrected chi connectivity index (χ3v) is 5.54. The van der Waals surface area contributed by atoms with E-state index >= 15 is 0 Å². The number of rotatable bonds is 0. The maximum atomic E-state index is 2.32. The molecule has 0 N–H and O–H groups in total. The Bertz CT molecular complexity index is 555. The fraction of sp³-hybridized carbons (Fsp3) is 0.545. The molecule has 0 unspecified atom stereocenters. The Morgan fingerprint density at radius 2 is 0.960 bits per heavy atom. The SMILES string of the molecule is C[c-]1ccc2c1CCCCC2.C[c-]1ccc2c1CCCCC2.Cl.Cl.[Zr+2]. The summed E-state index contributed by atoms with van der Waals surface area (Å²) in [5.74, 6) is 0. The average molecular weight is 459 g/mol. The van der Waals surface area contributed by atoms with Gasteiger partial charge in [-0.2, -0.15) is 45.5 Å². The molecule has 0 radical (unpaired) electrons. The molecule has 3 heteroatoms. The van der Waals surface area contributed by atoms with Gasteiger partial charge in [0.1, 0.15) is 0 Å². The van der Waals surface area contributed by atoms with Gasteiger partial charge in [-0.25, -0.2) is 12.1 Å². The van der Waals surface area contributed by atoms with Crippen LogP contribution in [-0.4, -0.2) is 0 Å². The summed E-state index contributed by atoms with van der Waals surface area (Å²) in [6.45, 7) is 4.48. The molecule has 0 bridgehead atoms. The summed E-state index contributed by atoms with van der Waals surface area (Å²) in [5.41, 5.74) is 9.59. The molecule has 0 amide bonds. The molecule has 0 saturated carbocycles.